The molecular weight excluding hydrogens is 206 g/mol. The van der Waals surface area contributed by atoms with Gasteiger partial charge in [-0.3, -0.25) is 0 Å². The average molecular weight is 227 g/mol. The van der Waals surface area contributed by atoms with Gasteiger partial charge in [0, 0.05) is 6.54 Å². The van der Waals surface area contributed by atoms with E-state index < -0.39 is 5.60 Å². The Bertz CT molecular complexity index is 291. The van der Waals surface area contributed by atoms with Crippen molar-refractivity contribution in [3.63, 3.8) is 0 Å². The van der Waals surface area contributed by atoms with Gasteiger partial charge in [-0.2, -0.15) is 0 Å². The Morgan fingerprint density at radius 3 is 2.62 bits per heavy atom. The van der Waals surface area contributed by atoms with E-state index in [0.717, 1.165) is 19.6 Å². The summed E-state index contributed by atoms with van der Waals surface area (Å²) in [6.07, 6.45) is 0.848. The minimum Gasteiger partial charge on any atom is -0.444 e. The van der Waals surface area contributed by atoms with Gasteiger partial charge in [-0.05, 0) is 33.1 Å². The van der Waals surface area contributed by atoms with Gasteiger partial charge >= 0.3 is 6.09 Å². The molecule has 1 spiro atoms. The standard InChI is InChI=1S/C12H21NO3/c1-9-5-12(8-15-12)7-13(6-9)10(14)16-11(2,3)4/h9H,5-8H2,1-4H3/t9-,12?/m0/s1. The highest BCUT2D eigenvalue weighted by Gasteiger charge is 2.51. The minimum absolute atomic E-state index is 0.0471. The summed E-state index contributed by atoms with van der Waals surface area (Å²) in [5.41, 5.74) is -0.468. The highest BCUT2D eigenvalue weighted by molar-refractivity contribution is 5.68. The van der Waals surface area contributed by atoms with Crippen molar-refractivity contribution in [1.29, 1.82) is 0 Å². The molecule has 92 valence electrons. The summed E-state index contributed by atoms with van der Waals surface area (Å²) >= 11 is 0. The predicted octanol–water partition coefficient (Wildman–Crippen LogP) is 2.03. The van der Waals surface area contributed by atoms with Crippen molar-refractivity contribution >= 4 is 6.09 Å². The maximum atomic E-state index is 11.9. The van der Waals surface area contributed by atoms with E-state index in [0.29, 0.717) is 12.5 Å². The average Bonchev–Trinajstić information content (AvgIpc) is 2.80. The van der Waals surface area contributed by atoms with Gasteiger partial charge < -0.3 is 14.4 Å². The number of hydrogen-bond donors (Lipinski definition) is 0. The van der Waals surface area contributed by atoms with Gasteiger partial charge in [0.15, 0.2) is 0 Å². The molecule has 0 radical (unpaired) electrons. The molecule has 1 unspecified atom stereocenters. The fourth-order valence-electron chi connectivity index (χ4n) is 2.33. The first-order chi connectivity index (χ1) is 7.30. The van der Waals surface area contributed by atoms with Gasteiger partial charge in [0.05, 0.1) is 13.2 Å². The Labute approximate surface area is 96.9 Å². The van der Waals surface area contributed by atoms with Crippen molar-refractivity contribution in [3.05, 3.63) is 0 Å². The molecule has 2 rings (SSSR count). The summed E-state index contributed by atoms with van der Waals surface area (Å²) in [5.74, 6) is 0.490. The molecular formula is C12H21NO3. The number of ether oxygens (including phenoxy) is 2. The third kappa shape index (κ3) is 2.67. The Morgan fingerprint density at radius 2 is 2.12 bits per heavy atom. The van der Waals surface area contributed by atoms with Crippen LogP contribution in [-0.2, 0) is 9.47 Å². The fourth-order valence-corrected chi connectivity index (χ4v) is 2.33. The predicted molar refractivity (Wildman–Crippen MR) is 60.3 cm³/mol. The van der Waals surface area contributed by atoms with Crippen molar-refractivity contribution in [2.24, 2.45) is 5.92 Å². The summed E-state index contributed by atoms with van der Waals surface area (Å²) in [5, 5.41) is 0. The van der Waals surface area contributed by atoms with E-state index in [-0.39, 0.29) is 11.7 Å². The maximum absolute atomic E-state index is 11.9. The lowest BCUT2D eigenvalue weighted by Gasteiger charge is -2.35. The van der Waals surface area contributed by atoms with Gasteiger partial charge in [0.2, 0.25) is 0 Å². The molecule has 2 fully saturated rings. The lowest BCUT2D eigenvalue weighted by atomic mass is 9.91. The van der Waals surface area contributed by atoms with Gasteiger partial charge in [0.25, 0.3) is 0 Å². The van der Waals surface area contributed by atoms with Crippen molar-refractivity contribution < 1.29 is 14.3 Å². The van der Waals surface area contributed by atoms with Crippen molar-refractivity contribution in [2.45, 2.75) is 45.3 Å². The van der Waals surface area contributed by atoms with Crippen LogP contribution in [0.1, 0.15) is 34.1 Å². The molecule has 0 aliphatic carbocycles. The molecule has 0 N–H and O–H groups in total. The van der Waals surface area contributed by atoms with Crippen LogP contribution in [0, 0.1) is 5.92 Å². The van der Waals surface area contributed by atoms with Crippen LogP contribution >= 0.6 is 0 Å². The van der Waals surface area contributed by atoms with Crippen LogP contribution in [0.2, 0.25) is 0 Å². The topological polar surface area (TPSA) is 42.1 Å². The first kappa shape index (κ1) is 11.7. The van der Waals surface area contributed by atoms with Crippen LogP contribution in [0.15, 0.2) is 0 Å². The first-order valence-electron chi connectivity index (χ1n) is 5.92. The molecule has 0 bridgehead atoms. The summed E-state index contributed by atoms with van der Waals surface area (Å²) in [4.78, 5) is 13.7. The zero-order valence-corrected chi connectivity index (χ0v) is 10.6. The Hall–Kier alpha value is -0.770. The third-order valence-corrected chi connectivity index (χ3v) is 2.94. The van der Waals surface area contributed by atoms with E-state index in [2.05, 4.69) is 6.92 Å². The molecule has 0 aromatic heterocycles. The van der Waals surface area contributed by atoms with Crippen LogP contribution in [0.25, 0.3) is 0 Å². The van der Waals surface area contributed by atoms with Crippen LogP contribution < -0.4 is 0 Å². The number of amides is 1. The second-order valence-corrected chi connectivity index (χ2v) is 6.14. The molecule has 2 saturated heterocycles. The van der Waals surface area contributed by atoms with Crippen LogP contribution in [0.3, 0.4) is 0 Å². The minimum atomic E-state index is -0.421. The lowest BCUT2D eigenvalue weighted by Crippen LogP contribution is -2.49. The van der Waals surface area contributed by atoms with E-state index in [1.165, 1.54) is 0 Å². The molecule has 0 saturated carbocycles. The maximum Gasteiger partial charge on any atom is 0.410 e. The number of hydrogen-bond acceptors (Lipinski definition) is 3. The van der Waals surface area contributed by atoms with E-state index in [1.807, 2.05) is 20.8 Å². The Balaban J connectivity index is 1.96. The highest BCUT2D eigenvalue weighted by Crippen LogP contribution is 2.39. The largest absolute Gasteiger partial charge is 0.444 e. The zero-order chi connectivity index (χ0) is 12.0. The van der Waals surface area contributed by atoms with Crippen LogP contribution in [-0.4, -0.2) is 41.9 Å². The summed E-state index contributed by atoms with van der Waals surface area (Å²) in [7, 11) is 0. The second kappa shape index (κ2) is 3.62. The fraction of sp³-hybridized carbons (Fsp3) is 0.917. The third-order valence-electron chi connectivity index (χ3n) is 2.94. The number of piperidine rings is 1. The normalized spacial score (nSPS) is 34.0. The number of likely N-dealkylation sites (tertiary alicyclic amines) is 1. The van der Waals surface area contributed by atoms with Crippen molar-refractivity contribution in [3.8, 4) is 0 Å². The first-order valence-corrected chi connectivity index (χ1v) is 5.92. The number of carbonyl (C=O) groups excluding carboxylic acids is 1. The monoisotopic (exact) mass is 227 g/mol. The molecule has 16 heavy (non-hydrogen) atoms. The van der Waals surface area contributed by atoms with Crippen LogP contribution in [0.4, 0.5) is 4.79 Å². The zero-order valence-electron chi connectivity index (χ0n) is 10.6. The molecule has 2 atom stereocenters. The molecule has 0 aromatic carbocycles. The molecule has 4 nitrogen and oxygen atoms in total. The van der Waals surface area contributed by atoms with E-state index in [4.69, 9.17) is 9.47 Å². The summed E-state index contributed by atoms with van der Waals surface area (Å²) in [6.45, 7) is 10.1. The quantitative estimate of drug-likeness (QED) is 0.595. The van der Waals surface area contributed by atoms with Gasteiger partial charge in [-0.1, -0.05) is 6.92 Å². The number of rotatable bonds is 0. The second-order valence-electron chi connectivity index (χ2n) is 6.14. The van der Waals surface area contributed by atoms with Gasteiger partial charge in [-0.25, -0.2) is 4.79 Å². The Morgan fingerprint density at radius 1 is 1.50 bits per heavy atom. The summed E-state index contributed by atoms with van der Waals surface area (Å²) < 4.78 is 10.8. The highest BCUT2D eigenvalue weighted by atomic mass is 16.6. The number of nitrogens with zero attached hydrogens (tertiary/aromatic N) is 1. The Kier molecular flexibility index (Phi) is 2.65. The van der Waals surface area contributed by atoms with E-state index >= 15 is 0 Å². The molecule has 4 heteroatoms. The summed E-state index contributed by atoms with van der Waals surface area (Å²) in [6, 6.07) is 0. The van der Waals surface area contributed by atoms with Gasteiger partial charge in [0.1, 0.15) is 11.2 Å². The lowest BCUT2D eigenvalue weighted by molar-refractivity contribution is 0.00674. The van der Waals surface area contributed by atoms with Crippen LogP contribution in [0.5, 0.6) is 0 Å². The number of carbonyl (C=O) groups is 1. The SMILES string of the molecule is C[C@@H]1CN(C(=O)OC(C)(C)C)CC2(CO2)C1. The van der Waals surface area contributed by atoms with E-state index in [1.54, 1.807) is 4.90 Å². The molecule has 2 heterocycles. The van der Waals surface area contributed by atoms with Crippen molar-refractivity contribution in [2.75, 3.05) is 19.7 Å². The number of epoxide rings is 1. The van der Waals surface area contributed by atoms with Gasteiger partial charge in [-0.15, -0.1) is 0 Å². The van der Waals surface area contributed by atoms with Crippen molar-refractivity contribution in [1.82, 2.24) is 4.90 Å². The molecule has 1 amide bonds. The molecule has 0 aromatic rings. The molecule has 2 aliphatic rings. The molecule has 2 aliphatic heterocycles. The van der Waals surface area contributed by atoms with E-state index in [9.17, 15) is 4.79 Å². The smallest absolute Gasteiger partial charge is 0.410 e.